The minimum atomic E-state index is -0.468. The zero-order chi connectivity index (χ0) is 21.7. The van der Waals surface area contributed by atoms with Gasteiger partial charge in [0, 0.05) is 12.1 Å². The number of nitrogens with zero attached hydrogens (tertiary/aromatic N) is 1. The van der Waals surface area contributed by atoms with Gasteiger partial charge in [-0.2, -0.15) is 0 Å². The van der Waals surface area contributed by atoms with E-state index in [4.69, 9.17) is 14.2 Å². The number of amides is 2. The molecule has 0 fully saturated rings. The fraction of sp³-hybridized carbons (Fsp3) is 0.217. The van der Waals surface area contributed by atoms with Crippen molar-refractivity contribution in [3.63, 3.8) is 0 Å². The Kier molecular flexibility index (Phi) is 6.51. The van der Waals surface area contributed by atoms with E-state index in [1.165, 1.54) is 56.6 Å². The van der Waals surface area contributed by atoms with E-state index in [1.54, 1.807) is 24.3 Å². The fourth-order valence-corrected chi connectivity index (χ4v) is 3.18. The quantitative estimate of drug-likeness (QED) is 0.536. The molecule has 6 nitrogen and oxygen atoms in total. The van der Waals surface area contributed by atoms with E-state index in [0.29, 0.717) is 34.8 Å². The molecule has 2 aromatic rings. The highest BCUT2D eigenvalue weighted by Crippen LogP contribution is 2.39. The average Bonchev–Trinajstić information content (AvgIpc) is 2.77. The number of rotatable bonds is 6. The minimum Gasteiger partial charge on any atom is -0.493 e. The van der Waals surface area contributed by atoms with Crippen LogP contribution in [0.4, 0.5) is 4.39 Å². The Hall–Kier alpha value is -3.61. The third-order valence-electron chi connectivity index (χ3n) is 4.67. The Bertz CT molecular complexity index is 986. The largest absolute Gasteiger partial charge is 0.493 e. The van der Waals surface area contributed by atoms with Gasteiger partial charge < -0.3 is 14.2 Å². The van der Waals surface area contributed by atoms with Gasteiger partial charge in [0.05, 0.1) is 21.3 Å². The molecule has 1 aliphatic heterocycles. The lowest BCUT2D eigenvalue weighted by molar-refractivity contribution is -0.138. The van der Waals surface area contributed by atoms with Crippen LogP contribution in [0.2, 0.25) is 0 Å². The maximum absolute atomic E-state index is 13.5. The highest BCUT2D eigenvalue weighted by atomic mass is 19.1. The van der Waals surface area contributed by atoms with Crippen LogP contribution in [-0.4, -0.2) is 44.6 Å². The zero-order valence-electron chi connectivity index (χ0n) is 17.0. The van der Waals surface area contributed by atoms with Gasteiger partial charge in [-0.3, -0.25) is 14.5 Å². The molecule has 1 heterocycles. The van der Waals surface area contributed by atoms with Crippen LogP contribution in [0.3, 0.4) is 0 Å². The first-order valence-electron chi connectivity index (χ1n) is 9.28. The second kappa shape index (κ2) is 9.26. The molecule has 0 unspecified atom stereocenters. The summed E-state index contributed by atoms with van der Waals surface area (Å²) in [6.07, 6.45) is 5.31. The molecule has 30 heavy (non-hydrogen) atoms. The molecule has 0 saturated carbocycles. The SMILES string of the molecule is COc1cc(/C=C(/C(=O)N2CCC=CC2=O)c2ccc(F)cc2)cc(OC)c1OC. The molecule has 2 aromatic carbocycles. The van der Waals surface area contributed by atoms with Gasteiger partial charge in [-0.15, -0.1) is 0 Å². The van der Waals surface area contributed by atoms with Crippen molar-refractivity contribution in [3.8, 4) is 17.2 Å². The van der Waals surface area contributed by atoms with E-state index in [9.17, 15) is 14.0 Å². The van der Waals surface area contributed by atoms with Crippen LogP contribution in [0.15, 0.2) is 48.6 Å². The summed E-state index contributed by atoms with van der Waals surface area (Å²) in [5.74, 6) is -0.00990. The van der Waals surface area contributed by atoms with Crippen LogP contribution in [0, 0.1) is 5.82 Å². The molecular weight excluding hydrogens is 389 g/mol. The molecule has 7 heteroatoms. The molecule has 3 rings (SSSR count). The molecular formula is C23H22FNO5. The van der Waals surface area contributed by atoms with Gasteiger partial charge in [0.15, 0.2) is 11.5 Å². The summed E-state index contributed by atoms with van der Waals surface area (Å²) in [6, 6.07) is 8.92. The van der Waals surface area contributed by atoms with Gasteiger partial charge in [-0.25, -0.2) is 4.39 Å². The highest BCUT2D eigenvalue weighted by molar-refractivity contribution is 6.28. The van der Waals surface area contributed by atoms with Crippen LogP contribution < -0.4 is 14.2 Å². The molecule has 0 bridgehead atoms. The van der Waals surface area contributed by atoms with E-state index >= 15 is 0 Å². The van der Waals surface area contributed by atoms with Crippen LogP contribution in [-0.2, 0) is 9.59 Å². The van der Waals surface area contributed by atoms with E-state index in [1.807, 2.05) is 0 Å². The number of carbonyl (C=O) groups excluding carboxylic acids is 2. The first-order chi connectivity index (χ1) is 14.5. The summed E-state index contributed by atoms with van der Waals surface area (Å²) >= 11 is 0. The van der Waals surface area contributed by atoms with Crippen LogP contribution in [0.1, 0.15) is 17.5 Å². The fourth-order valence-electron chi connectivity index (χ4n) is 3.18. The van der Waals surface area contributed by atoms with Crippen molar-refractivity contribution in [3.05, 3.63) is 65.5 Å². The number of ether oxygens (including phenoxy) is 3. The smallest absolute Gasteiger partial charge is 0.261 e. The summed E-state index contributed by atoms with van der Waals surface area (Å²) in [4.78, 5) is 26.7. The van der Waals surface area contributed by atoms with Gasteiger partial charge in [-0.1, -0.05) is 18.2 Å². The molecule has 2 amide bonds. The van der Waals surface area contributed by atoms with Crippen LogP contribution in [0.5, 0.6) is 17.2 Å². The summed E-state index contributed by atoms with van der Waals surface area (Å²) in [5, 5.41) is 0. The predicted molar refractivity (Wildman–Crippen MR) is 111 cm³/mol. The summed E-state index contributed by atoms with van der Waals surface area (Å²) in [7, 11) is 4.49. The minimum absolute atomic E-state index is 0.243. The normalized spacial score (nSPS) is 13.9. The number of hydrogen-bond acceptors (Lipinski definition) is 5. The highest BCUT2D eigenvalue weighted by Gasteiger charge is 2.26. The Morgan fingerprint density at radius 3 is 2.20 bits per heavy atom. The number of carbonyl (C=O) groups is 2. The van der Waals surface area contributed by atoms with Crippen molar-refractivity contribution in [2.24, 2.45) is 0 Å². The Balaban J connectivity index is 2.13. The van der Waals surface area contributed by atoms with E-state index in [-0.39, 0.29) is 18.0 Å². The topological polar surface area (TPSA) is 65.1 Å². The van der Waals surface area contributed by atoms with E-state index in [2.05, 4.69) is 0 Å². The summed E-state index contributed by atoms with van der Waals surface area (Å²) < 4.78 is 29.5. The molecule has 0 spiro atoms. The molecule has 0 aliphatic carbocycles. The lowest BCUT2D eigenvalue weighted by Gasteiger charge is -2.23. The second-order valence-electron chi connectivity index (χ2n) is 6.51. The maximum atomic E-state index is 13.5. The second-order valence-corrected chi connectivity index (χ2v) is 6.51. The first-order valence-corrected chi connectivity index (χ1v) is 9.28. The van der Waals surface area contributed by atoms with Crippen molar-refractivity contribution in [2.75, 3.05) is 27.9 Å². The Morgan fingerprint density at radius 2 is 1.67 bits per heavy atom. The van der Waals surface area contributed by atoms with Crippen molar-refractivity contribution in [1.82, 2.24) is 4.90 Å². The molecule has 0 atom stereocenters. The Morgan fingerprint density at radius 1 is 1.03 bits per heavy atom. The lowest BCUT2D eigenvalue weighted by Crippen LogP contribution is -2.38. The molecule has 1 aliphatic rings. The van der Waals surface area contributed by atoms with Gasteiger partial charge in [-0.05, 0) is 54.0 Å². The lowest BCUT2D eigenvalue weighted by atomic mass is 10.00. The number of imide groups is 1. The van der Waals surface area contributed by atoms with Gasteiger partial charge >= 0.3 is 0 Å². The molecule has 156 valence electrons. The molecule has 0 saturated heterocycles. The number of hydrogen-bond donors (Lipinski definition) is 0. The number of benzene rings is 2. The third kappa shape index (κ3) is 4.35. The van der Waals surface area contributed by atoms with E-state index in [0.717, 1.165) is 0 Å². The van der Waals surface area contributed by atoms with Crippen molar-refractivity contribution in [1.29, 1.82) is 0 Å². The van der Waals surface area contributed by atoms with Crippen molar-refractivity contribution >= 4 is 23.5 Å². The van der Waals surface area contributed by atoms with Crippen LogP contribution >= 0.6 is 0 Å². The zero-order valence-corrected chi connectivity index (χ0v) is 17.0. The molecule has 0 aromatic heterocycles. The number of halogens is 1. The molecule has 0 radical (unpaired) electrons. The number of methoxy groups -OCH3 is 3. The van der Waals surface area contributed by atoms with Crippen molar-refractivity contribution in [2.45, 2.75) is 6.42 Å². The maximum Gasteiger partial charge on any atom is 0.261 e. The van der Waals surface area contributed by atoms with E-state index < -0.39 is 11.7 Å². The summed E-state index contributed by atoms with van der Waals surface area (Å²) in [5.41, 5.74) is 1.32. The van der Waals surface area contributed by atoms with Gasteiger partial charge in [0.1, 0.15) is 5.82 Å². The Labute approximate surface area is 174 Å². The standard InChI is InChI=1S/C23H22FNO5/c1-28-19-13-15(14-20(29-2)22(19)30-3)12-18(16-7-9-17(24)10-8-16)23(27)25-11-5-4-6-21(25)26/h4,6-10,12-14H,5,11H2,1-3H3/b18-12+. The molecule has 0 N–H and O–H groups in total. The first kappa shape index (κ1) is 21.1. The third-order valence-corrected chi connectivity index (χ3v) is 4.67. The monoisotopic (exact) mass is 411 g/mol. The average molecular weight is 411 g/mol. The van der Waals surface area contributed by atoms with Crippen molar-refractivity contribution < 1.29 is 28.2 Å². The predicted octanol–water partition coefficient (Wildman–Crippen LogP) is 3.71. The van der Waals surface area contributed by atoms with Gasteiger partial charge in [0.25, 0.3) is 11.8 Å². The van der Waals surface area contributed by atoms with Crippen LogP contribution in [0.25, 0.3) is 11.6 Å². The van der Waals surface area contributed by atoms with Gasteiger partial charge in [0.2, 0.25) is 5.75 Å². The summed E-state index contributed by atoms with van der Waals surface area (Å²) in [6.45, 7) is 0.280.